The van der Waals surface area contributed by atoms with E-state index in [1.165, 1.54) is 28.9 Å². The van der Waals surface area contributed by atoms with Crippen LogP contribution in [0.15, 0.2) is 60.9 Å². The molecule has 4 heterocycles. The second-order valence-corrected chi connectivity index (χ2v) is 8.34. The maximum absolute atomic E-state index is 13.4. The van der Waals surface area contributed by atoms with Crippen LogP contribution < -0.4 is 4.90 Å². The summed E-state index contributed by atoms with van der Waals surface area (Å²) in [5.41, 5.74) is 2.12. The lowest BCUT2D eigenvalue weighted by Crippen LogP contribution is -2.50. The Balaban J connectivity index is 1.35. The first-order chi connectivity index (χ1) is 17.0. The third-order valence-electron chi connectivity index (χ3n) is 5.87. The smallest absolute Gasteiger partial charge is 0.244 e. The lowest BCUT2D eigenvalue weighted by molar-refractivity contribution is -0.132. The summed E-state index contributed by atoms with van der Waals surface area (Å²) in [4.78, 5) is 30.2. The van der Waals surface area contributed by atoms with Crippen LogP contribution in [0.1, 0.15) is 5.56 Å². The molecule has 1 aliphatic heterocycles. The highest BCUT2D eigenvalue weighted by atomic mass is 19.1. The van der Waals surface area contributed by atoms with Crippen molar-refractivity contribution in [1.29, 1.82) is 0 Å². The SMILES string of the molecule is Cc1ccnc(N2CCN(C(=O)Cn3nc(-c4ccc(F)cc4)nc3-c3ccc(F)cn3)CC2)c1. The second-order valence-electron chi connectivity index (χ2n) is 8.34. The van der Waals surface area contributed by atoms with Crippen molar-refractivity contribution in [3.8, 4) is 22.9 Å². The van der Waals surface area contributed by atoms with Crippen molar-refractivity contribution in [2.45, 2.75) is 13.5 Å². The molecule has 0 N–H and O–H groups in total. The van der Waals surface area contributed by atoms with Crippen LogP contribution in [-0.2, 0) is 11.3 Å². The van der Waals surface area contributed by atoms with Gasteiger partial charge in [-0.2, -0.15) is 0 Å². The summed E-state index contributed by atoms with van der Waals surface area (Å²) in [5.74, 6) is 0.608. The van der Waals surface area contributed by atoms with Gasteiger partial charge < -0.3 is 9.80 Å². The fraction of sp³-hybridized carbons (Fsp3) is 0.240. The minimum absolute atomic E-state index is 0.0503. The minimum Gasteiger partial charge on any atom is -0.353 e. The highest BCUT2D eigenvalue weighted by Gasteiger charge is 2.24. The van der Waals surface area contributed by atoms with E-state index in [9.17, 15) is 13.6 Å². The van der Waals surface area contributed by atoms with Gasteiger partial charge in [0.25, 0.3) is 0 Å². The fourth-order valence-corrected chi connectivity index (χ4v) is 3.98. The van der Waals surface area contributed by atoms with Gasteiger partial charge in [-0.05, 0) is 61.0 Å². The lowest BCUT2D eigenvalue weighted by atomic mass is 10.2. The molecule has 1 aromatic carbocycles. The summed E-state index contributed by atoms with van der Waals surface area (Å²) >= 11 is 0. The minimum atomic E-state index is -0.476. The van der Waals surface area contributed by atoms with Crippen molar-refractivity contribution >= 4 is 11.7 Å². The average Bonchev–Trinajstić information content (AvgIpc) is 3.28. The highest BCUT2D eigenvalue weighted by Crippen LogP contribution is 2.22. The molecule has 3 aromatic heterocycles. The first-order valence-electron chi connectivity index (χ1n) is 11.2. The van der Waals surface area contributed by atoms with Crippen LogP contribution in [0.2, 0.25) is 0 Å². The van der Waals surface area contributed by atoms with E-state index >= 15 is 0 Å². The van der Waals surface area contributed by atoms with Gasteiger partial charge in [0.2, 0.25) is 5.91 Å². The number of carbonyl (C=O) groups is 1. The predicted octanol–water partition coefficient (Wildman–Crippen LogP) is 3.34. The summed E-state index contributed by atoms with van der Waals surface area (Å²) in [6.07, 6.45) is 2.88. The fourth-order valence-electron chi connectivity index (χ4n) is 3.98. The van der Waals surface area contributed by atoms with Crippen molar-refractivity contribution in [1.82, 2.24) is 29.6 Å². The van der Waals surface area contributed by atoms with E-state index < -0.39 is 5.82 Å². The van der Waals surface area contributed by atoms with Crippen molar-refractivity contribution < 1.29 is 13.6 Å². The molecule has 35 heavy (non-hydrogen) atoms. The molecule has 0 bridgehead atoms. The molecule has 4 aromatic rings. The molecule has 10 heteroatoms. The third-order valence-corrected chi connectivity index (χ3v) is 5.87. The van der Waals surface area contributed by atoms with Crippen LogP contribution >= 0.6 is 0 Å². The largest absolute Gasteiger partial charge is 0.353 e. The molecular weight excluding hydrogens is 452 g/mol. The molecule has 0 spiro atoms. The number of rotatable bonds is 5. The molecule has 1 amide bonds. The maximum atomic E-state index is 13.4. The van der Waals surface area contributed by atoms with E-state index in [1.807, 2.05) is 19.1 Å². The van der Waals surface area contributed by atoms with Gasteiger partial charge in [-0.1, -0.05) is 0 Å². The summed E-state index contributed by atoms with van der Waals surface area (Å²) in [6, 6.07) is 12.5. The van der Waals surface area contributed by atoms with Gasteiger partial charge in [0.1, 0.15) is 29.7 Å². The van der Waals surface area contributed by atoms with Gasteiger partial charge >= 0.3 is 0 Å². The molecule has 1 fully saturated rings. The summed E-state index contributed by atoms with van der Waals surface area (Å²) in [7, 11) is 0. The maximum Gasteiger partial charge on any atom is 0.244 e. The number of benzene rings is 1. The molecule has 0 saturated carbocycles. The lowest BCUT2D eigenvalue weighted by Gasteiger charge is -2.35. The van der Waals surface area contributed by atoms with Crippen LogP contribution in [0.4, 0.5) is 14.6 Å². The Kier molecular flexibility index (Phi) is 6.17. The van der Waals surface area contributed by atoms with E-state index in [-0.39, 0.29) is 18.3 Å². The number of pyridine rings is 2. The molecule has 8 nitrogen and oxygen atoms in total. The van der Waals surface area contributed by atoms with Crippen LogP contribution in [-0.4, -0.2) is 61.7 Å². The van der Waals surface area contributed by atoms with Gasteiger partial charge in [0, 0.05) is 37.9 Å². The van der Waals surface area contributed by atoms with Gasteiger partial charge in [0.15, 0.2) is 11.6 Å². The predicted molar refractivity (Wildman–Crippen MR) is 126 cm³/mol. The van der Waals surface area contributed by atoms with Gasteiger partial charge in [-0.15, -0.1) is 5.10 Å². The highest BCUT2D eigenvalue weighted by molar-refractivity contribution is 5.77. The first-order valence-corrected chi connectivity index (χ1v) is 11.2. The Bertz CT molecular complexity index is 1330. The van der Waals surface area contributed by atoms with E-state index in [4.69, 9.17) is 0 Å². The molecule has 1 aliphatic rings. The van der Waals surface area contributed by atoms with Gasteiger partial charge in [-0.25, -0.2) is 28.4 Å². The Labute approximate surface area is 200 Å². The van der Waals surface area contributed by atoms with E-state index in [1.54, 1.807) is 23.2 Å². The molecule has 0 atom stereocenters. The number of piperazine rings is 1. The number of nitrogens with zero attached hydrogens (tertiary/aromatic N) is 7. The molecule has 0 unspecified atom stereocenters. The second kappa shape index (κ2) is 9.57. The summed E-state index contributed by atoms with van der Waals surface area (Å²) < 4.78 is 28.3. The Morgan fingerprint density at radius 2 is 1.69 bits per heavy atom. The third kappa shape index (κ3) is 5.01. The monoisotopic (exact) mass is 475 g/mol. The molecule has 1 saturated heterocycles. The standard InChI is InChI=1S/C25H23F2N7O/c1-17-8-9-28-22(14-17)32-10-12-33(13-11-32)23(35)16-34-25(21-7-6-20(27)15-29-21)30-24(31-34)18-2-4-19(26)5-3-18/h2-9,14-15H,10-13,16H2,1H3. The summed E-state index contributed by atoms with van der Waals surface area (Å²) in [5, 5.41) is 4.50. The van der Waals surface area contributed by atoms with Crippen LogP contribution in [0.5, 0.6) is 0 Å². The van der Waals surface area contributed by atoms with E-state index in [2.05, 4.69) is 25.0 Å². The number of aromatic nitrogens is 5. The molecular formula is C25H23F2N7O. The molecule has 178 valence electrons. The Morgan fingerprint density at radius 1 is 0.943 bits per heavy atom. The van der Waals surface area contributed by atoms with Gasteiger partial charge in [0.05, 0.1) is 6.20 Å². The number of hydrogen-bond acceptors (Lipinski definition) is 6. The number of amides is 1. The van der Waals surface area contributed by atoms with Crippen molar-refractivity contribution in [2.24, 2.45) is 0 Å². The van der Waals surface area contributed by atoms with Crippen LogP contribution in [0.3, 0.4) is 0 Å². The number of carbonyl (C=O) groups excluding carboxylic acids is 1. The number of anilines is 1. The number of hydrogen-bond donors (Lipinski definition) is 0. The molecule has 0 aliphatic carbocycles. The average molecular weight is 476 g/mol. The zero-order valence-electron chi connectivity index (χ0n) is 19.1. The topological polar surface area (TPSA) is 80.0 Å². The van der Waals surface area contributed by atoms with Crippen molar-refractivity contribution in [3.05, 3.63) is 78.1 Å². The quantitative estimate of drug-likeness (QED) is 0.441. The zero-order chi connectivity index (χ0) is 24.4. The summed E-state index contributed by atoms with van der Waals surface area (Å²) in [6.45, 7) is 4.43. The zero-order valence-corrected chi connectivity index (χ0v) is 19.1. The van der Waals surface area contributed by atoms with Gasteiger partial charge in [-0.3, -0.25) is 4.79 Å². The van der Waals surface area contributed by atoms with Crippen molar-refractivity contribution in [2.75, 3.05) is 31.1 Å². The Morgan fingerprint density at radius 3 is 2.37 bits per heavy atom. The van der Waals surface area contributed by atoms with Crippen LogP contribution in [0.25, 0.3) is 22.9 Å². The number of halogens is 2. The first kappa shape index (κ1) is 22.6. The van der Waals surface area contributed by atoms with E-state index in [0.717, 1.165) is 17.6 Å². The molecule has 5 rings (SSSR count). The van der Waals surface area contributed by atoms with E-state index in [0.29, 0.717) is 49.1 Å². The van der Waals surface area contributed by atoms with Crippen LogP contribution in [0, 0.1) is 18.6 Å². The van der Waals surface area contributed by atoms with Crippen molar-refractivity contribution in [3.63, 3.8) is 0 Å². The normalized spacial score (nSPS) is 13.8. The number of aryl methyl sites for hydroxylation is 1. The molecule has 0 radical (unpaired) electrons. The Hall–Kier alpha value is -4.21.